The number of halogens is 1. The summed E-state index contributed by atoms with van der Waals surface area (Å²) in [5.41, 5.74) is 5.03. The van der Waals surface area contributed by atoms with E-state index in [2.05, 4.69) is 58.8 Å². The maximum absolute atomic E-state index is 4.48. The fourth-order valence-electron chi connectivity index (χ4n) is 1.96. The van der Waals surface area contributed by atoms with Crippen LogP contribution in [0.2, 0.25) is 0 Å². The molecule has 74 valence electrons. The predicted molar refractivity (Wildman–Crippen MR) is 66.9 cm³/mol. The van der Waals surface area contributed by atoms with Gasteiger partial charge in [-0.1, -0.05) is 0 Å². The standard InChI is InChI=1S/C11H13IN2/c1-6-5-10-7(2)11(12)8(3)14(10)9(4)13-6/h5H,1-4H3. The lowest BCUT2D eigenvalue weighted by atomic mass is 10.3. The van der Waals surface area contributed by atoms with Gasteiger partial charge in [-0.25, -0.2) is 4.98 Å². The Kier molecular flexibility index (Phi) is 2.29. The average molecular weight is 300 g/mol. The van der Waals surface area contributed by atoms with Crippen LogP contribution < -0.4 is 0 Å². The zero-order chi connectivity index (χ0) is 10.5. The summed E-state index contributed by atoms with van der Waals surface area (Å²) in [6.45, 7) is 8.42. The lowest BCUT2D eigenvalue weighted by Crippen LogP contribution is -1.98. The van der Waals surface area contributed by atoms with E-state index in [1.807, 2.05) is 6.92 Å². The van der Waals surface area contributed by atoms with E-state index in [9.17, 15) is 0 Å². The van der Waals surface area contributed by atoms with Crippen molar-refractivity contribution in [2.75, 3.05) is 0 Å². The first kappa shape index (κ1) is 9.96. The normalized spacial score (nSPS) is 11.2. The molecule has 0 atom stereocenters. The zero-order valence-electron chi connectivity index (χ0n) is 8.85. The first-order valence-electron chi connectivity index (χ1n) is 4.63. The molecule has 0 aromatic carbocycles. The highest BCUT2D eigenvalue weighted by Gasteiger charge is 2.11. The third-order valence-corrected chi connectivity index (χ3v) is 4.20. The van der Waals surface area contributed by atoms with E-state index >= 15 is 0 Å². The van der Waals surface area contributed by atoms with Crippen LogP contribution in [0.5, 0.6) is 0 Å². The van der Waals surface area contributed by atoms with Gasteiger partial charge in [0, 0.05) is 15.0 Å². The lowest BCUT2D eigenvalue weighted by Gasteiger charge is -2.04. The Hall–Kier alpha value is -0.580. The summed E-state index contributed by atoms with van der Waals surface area (Å²) in [6.07, 6.45) is 0. The molecule has 0 saturated carbocycles. The molecule has 0 unspecified atom stereocenters. The van der Waals surface area contributed by atoms with Crippen molar-refractivity contribution in [1.29, 1.82) is 0 Å². The molecule has 0 radical (unpaired) electrons. The molecular weight excluding hydrogens is 287 g/mol. The SMILES string of the molecule is Cc1cc2c(C)c(I)c(C)n2c(C)n1. The first-order valence-corrected chi connectivity index (χ1v) is 5.71. The van der Waals surface area contributed by atoms with Crippen LogP contribution in [0.15, 0.2) is 6.07 Å². The van der Waals surface area contributed by atoms with Crippen LogP contribution in [0, 0.1) is 31.3 Å². The fraction of sp³-hybridized carbons (Fsp3) is 0.364. The molecule has 0 fully saturated rings. The van der Waals surface area contributed by atoms with Gasteiger partial charge in [0.15, 0.2) is 0 Å². The van der Waals surface area contributed by atoms with E-state index < -0.39 is 0 Å². The molecule has 2 aromatic rings. The van der Waals surface area contributed by atoms with Crippen molar-refractivity contribution in [3.63, 3.8) is 0 Å². The number of rotatable bonds is 0. The summed E-state index contributed by atoms with van der Waals surface area (Å²) in [5, 5.41) is 0. The van der Waals surface area contributed by atoms with Gasteiger partial charge in [-0.15, -0.1) is 0 Å². The minimum absolute atomic E-state index is 1.07. The van der Waals surface area contributed by atoms with E-state index in [0.29, 0.717) is 0 Å². The van der Waals surface area contributed by atoms with Gasteiger partial charge in [-0.05, 0) is 61.9 Å². The second kappa shape index (κ2) is 3.22. The van der Waals surface area contributed by atoms with Gasteiger partial charge in [-0.2, -0.15) is 0 Å². The number of hydrogen-bond donors (Lipinski definition) is 0. The monoisotopic (exact) mass is 300 g/mol. The summed E-state index contributed by atoms with van der Waals surface area (Å²) < 4.78 is 3.57. The Balaban J connectivity index is 3.02. The smallest absolute Gasteiger partial charge is 0.110 e. The van der Waals surface area contributed by atoms with Crippen LogP contribution in [0.1, 0.15) is 22.8 Å². The molecule has 0 aliphatic carbocycles. The largest absolute Gasteiger partial charge is 0.301 e. The van der Waals surface area contributed by atoms with Gasteiger partial charge in [0.2, 0.25) is 0 Å². The van der Waals surface area contributed by atoms with Crippen LogP contribution in [-0.2, 0) is 0 Å². The summed E-state index contributed by atoms with van der Waals surface area (Å²) in [5.74, 6) is 1.07. The molecule has 0 aliphatic rings. The number of nitrogens with zero attached hydrogens (tertiary/aromatic N) is 2. The minimum Gasteiger partial charge on any atom is -0.301 e. The van der Waals surface area contributed by atoms with Gasteiger partial charge < -0.3 is 4.40 Å². The van der Waals surface area contributed by atoms with Crippen molar-refractivity contribution in [3.05, 3.63) is 32.4 Å². The Labute approximate surface area is 97.5 Å². The number of aryl methyl sites for hydroxylation is 4. The Morgan fingerprint density at radius 3 is 2.50 bits per heavy atom. The van der Waals surface area contributed by atoms with Crippen LogP contribution in [0.4, 0.5) is 0 Å². The minimum atomic E-state index is 1.07. The molecule has 0 aliphatic heterocycles. The molecule has 2 rings (SSSR count). The number of fused-ring (bicyclic) bond motifs is 1. The topological polar surface area (TPSA) is 17.3 Å². The highest BCUT2D eigenvalue weighted by molar-refractivity contribution is 14.1. The van der Waals surface area contributed by atoms with Crippen molar-refractivity contribution in [2.45, 2.75) is 27.7 Å². The molecule has 2 aromatic heterocycles. The van der Waals surface area contributed by atoms with Gasteiger partial charge >= 0.3 is 0 Å². The van der Waals surface area contributed by atoms with Crippen LogP contribution in [0.25, 0.3) is 5.52 Å². The van der Waals surface area contributed by atoms with E-state index in [1.54, 1.807) is 0 Å². The molecule has 0 saturated heterocycles. The average Bonchev–Trinajstić information content (AvgIpc) is 2.31. The van der Waals surface area contributed by atoms with Crippen molar-refractivity contribution in [2.24, 2.45) is 0 Å². The van der Waals surface area contributed by atoms with Gasteiger partial charge in [0.25, 0.3) is 0 Å². The Morgan fingerprint density at radius 1 is 1.21 bits per heavy atom. The van der Waals surface area contributed by atoms with Crippen molar-refractivity contribution in [1.82, 2.24) is 9.38 Å². The maximum Gasteiger partial charge on any atom is 0.110 e. The highest BCUT2D eigenvalue weighted by atomic mass is 127. The molecule has 0 bridgehead atoms. The molecule has 0 amide bonds. The van der Waals surface area contributed by atoms with E-state index in [-0.39, 0.29) is 0 Å². The van der Waals surface area contributed by atoms with Crippen LogP contribution in [-0.4, -0.2) is 9.38 Å². The molecule has 0 N–H and O–H groups in total. The number of aromatic nitrogens is 2. The fourth-order valence-corrected chi connectivity index (χ4v) is 2.47. The third kappa shape index (κ3) is 1.26. The quantitative estimate of drug-likeness (QED) is 0.683. The molecular formula is C11H13IN2. The highest BCUT2D eigenvalue weighted by Crippen LogP contribution is 2.25. The van der Waals surface area contributed by atoms with Gasteiger partial charge in [0.1, 0.15) is 5.82 Å². The molecule has 3 heteroatoms. The van der Waals surface area contributed by atoms with E-state index in [1.165, 1.54) is 20.3 Å². The third-order valence-electron chi connectivity index (χ3n) is 2.61. The van der Waals surface area contributed by atoms with Crippen LogP contribution in [0.3, 0.4) is 0 Å². The second-order valence-electron chi connectivity index (χ2n) is 3.69. The summed E-state index contributed by atoms with van der Waals surface area (Å²) in [7, 11) is 0. The molecule has 2 nitrogen and oxygen atoms in total. The van der Waals surface area contributed by atoms with Crippen LogP contribution >= 0.6 is 22.6 Å². The summed E-state index contributed by atoms with van der Waals surface area (Å²) in [6, 6.07) is 2.15. The number of hydrogen-bond acceptors (Lipinski definition) is 1. The van der Waals surface area contributed by atoms with Crippen molar-refractivity contribution in [3.8, 4) is 0 Å². The van der Waals surface area contributed by atoms with Crippen molar-refractivity contribution >= 4 is 28.1 Å². The van der Waals surface area contributed by atoms with Gasteiger partial charge in [0.05, 0.1) is 5.52 Å². The Morgan fingerprint density at radius 2 is 1.86 bits per heavy atom. The summed E-state index contributed by atoms with van der Waals surface area (Å²) >= 11 is 2.40. The Bertz CT molecular complexity index is 512. The van der Waals surface area contributed by atoms with E-state index in [0.717, 1.165) is 11.5 Å². The van der Waals surface area contributed by atoms with Gasteiger partial charge in [-0.3, -0.25) is 0 Å². The van der Waals surface area contributed by atoms with Crippen molar-refractivity contribution < 1.29 is 0 Å². The molecule has 0 spiro atoms. The van der Waals surface area contributed by atoms with E-state index in [4.69, 9.17) is 0 Å². The summed E-state index contributed by atoms with van der Waals surface area (Å²) in [4.78, 5) is 4.48. The lowest BCUT2D eigenvalue weighted by molar-refractivity contribution is 0.935. The first-order chi connectivity index (χ1) is 6.52. The second-order valence-corrected chi connectivity index (χ2v) is 4.77. The zero-order valence-corrected chi connectivity index (χ0v) is 11.0. The molecule has 14 heavy (non-hydrogen) atoms. The maximum atomic E-state index is 4.48. The predicted octanol–water partition coefficient (Wildman–Crippen LogP) is 3.17. The molecule has 2 heterocycles.